The van der Waals surface area contributed by atoms with Crippen LogP contribution in [0.1, 0.15) is 0 Å². The monoisotopic (exact) mass is 664 g/mol. The molecule has 200 valence electrons. The second kappa shape index (κ2) is 11.6. The van der Waals surface area contributed by atoms with Crippen molar-refractivity contribution in [3.05, 3.63) is 167 Å². The zero-order chi connectivity index (χ0) is 28.5. The lowest BCUT2D eigenvalue weighted by Gasteiger charge is -2.01. The van der Waals surface area contributed by atoms with Gasteiger partial charge in [-0.25, -0.2) is 0 Å². The molecule has 0 nitrogen and oxygen atoms in total. The minimum Gasteiger partial charge on any atom is -0.0544 e. The van der Waals surface area contributed by atoms with Gasteiger partial charge in [0.05, 0.1) is 0 Å². The first-order valence-corrected chi connectivity index (χ1v) is 15.5. The fourth-order valence-corrected chi connectivity index (χ4v) is 6.36. The van der Waals surface area contributed by atoms with Gasteiger partial charge < -0.3 is 0 Å². The second-order valence-electron chi connectivity index (χ2n) is 10.6. The van der Waals surface area contributed by atoms with Crippen LogP contribution in [0.2, 0.25) is 0 Å². The quantitative estimate of drug-likeness (QED) is 0.151. The van der Waals surface area contributed by atoms with Gasteiger partial charge in [0, 0.05) is 8.95 Å². The third kappa shape index (κ3) is 5.87. The van der Waals surface area contributed by atoms with Crippen molar-refractivity contribution in [3.63, 3.8) is 0 Å². The van der Waals surface area contributed by atoms with E-state index < -0.39 is 0 Å². The fraction of sp³-hybridized carbons (Fsp3) is 0. The van der Waals surface area contributed by atoms with E-state index in [1.54, 1.807) is 0 Å². The molecule has 0 spiro atoms. The number of hydrogen-bond donors (Lipinski definition) is 0. The SMILES string of the molecule is Brc1cc2cc(c1)c1ccc(ccc3ccc(cc3)c3cc(Br)cc(c3)c3ccc(ccc4ccc2cc4)cc3)cc1. The molecule has 13 aromatic rings. The van der Waals surface area contributed by atoms with E-state index in [9.17, 15) is 0 Å². The summed E-state index contributed by atoms with van der Waals surface area (Å²) in [5.74, 6) is 0. The Kier molecular flexibility index (Phi) is 7.34. The maximum absolute atomic E-state index is 3.74. The molecule has 0 atom stereocenters. The Hall–Kier alpha value is -4.24. The highest BCUT2D eigenvalue weighted by Gasteiger charge is 1.98. The standard InChI is InChI=1S/C40H26Br2/c41-39-23-35-21-37(25-39)33-17-9-29(10-18-33)3-4-30-11-19-34(20-12-30)38-22-36(24-40(42)26-38)32-15-7-28(8-16-32)2-1-27-5-13-31(35)14-6-27/h1-26H. The highest BCUT2D eigenvalue weighted by atomic mass is 79.9. The summed E-state index contributed by atoms with van der Waals surface area (Å²) in [5.41, 5.74) is 0. The molecule has 0 heterocycles. The number of benzene rings is 6. The van der Waals surface area contributed by atoms with Crippen molar-refractivity contribution in [2.75, 3.05) is 0 Å². The molecule has 0 radical (unpaired) electrons. The predicted molar refractivity (Wildman–Crippen MR) is 191 cm³/mol. The first kappa shape index (κ1) is 26.6. The lowest BCUT2D eigenvalue weighted by molar-refractivity contribution is 1.74. The van der Waals surface area contributed by atoms with Gasteiger partial charge in [-0.2, -0.15) is 0 Å². The number of hydrogen-bond acceptors (Lipinski definition) is 0. The Morgan fingerprint density at radius 2 is 0.405 bits per heavy atom. The topological polar surface area (TPSA) is 0 Å². The summed E-state index contributed by atoms with van der Waals surface area (Å²) in [6.07, 6.45) is 0. The lowest BCUT2D eigenvalue weighted by Crippen LogP contribution is -1.74. The van der Waals surface area contributed by atoms with Crippen LogP contribution in [0.15, 0.2) is 167 Å². The molecule has 13 aromatic carbocycles. The molecule has 0 aliphatic rings. The van der Waals surface area contributed by atoms with Crippen LogP contribution >= 0.6 is 31.9 Å². The lowest BCUT2D eigenvalue weighted by atomic mass is 10.1. The normalized spacial score (nSPS) is 11.1. The van der Waals surface area contributed by atoms with E-state index in [-0.39, 0.29) is 0 Å². The average Bonchev–Trinajstić information content (AvgIpc) is 3.03. The van der Waals surface area contributed by atoms with Crippen LogP contribution in [0.3, 0.4) is 0 Å². The van der Waals surface area contributed by atoms with Gasteiger partial charge in [-0.15, -0.1) is 0 Å². The third-order valence-corrected chi connectivity index (χ3v) is 8.62. The fourth-order valence-electron chi connectivity index (χ4n) is 5.38. The Balaban J connectivity index is 1.48. The van der Waals surface area contributed by atoms with Crippen LogP contribution in [0.5, 0.6) is 0 Å². The van der Waals surface area contributed by atoms with Crippen molar-refractivity contribution < 1.29 is 0 Å². The summed E-state index contributed by atoms with van der Waals surface area (Å²) < 4.78 is 2.14. The van der Waals surface area contributed by atoms with Crippen molar-refractivity contribution >= 4 is 96.5 Å². The first-order valence-electron chi connectivity index (χ1n) is 13.9. The zero-order valence-electron chi connectivity index (χ0n) is 22.8. The summed E-state index contributed by atoms with van der Waals surface area (Å²) in [6, 6.07) is 57.0. The Morgan fingerprint density at radius 1 is 0.214 bits per heavy atom. The Labute approximate surface area is 261 Å². The molecule has 0 amide bonds. The van der Waals surface area contributed by atoms with Crippen LogP contribution in [0.4, 0.5) is 0 Å². The van der Waals surface area contributed by atoms with Crippen LogP contribution in [0.25, 0.3) is 64.6 Å². The molecule has 0 saturated heterocycles. The summed E-state index contributed by atoms with van der Waals surface area (Å²) in [5, 5.41) is 14.2. The molecule has 0 aliphatic heterocycles. The molecule has 12 bridgehead atoms. The highest BCUT2D eigenvalue weighted by molar-refractivity contribution is 9.10. The summed E-state index contributed by atoms with van der Waals surface area (Å²) in [6.45, 7) is 0. The van der Waals surface area contributed by atoms with E-state index >= 15 is 0 Å². The summed E-state index contributed by atoms with van der Waals surface area (Å²) in [4.78, 5) is 0. The molecule has 42 heavy (non-hydrogen) atoms. The van der Waals surface area contributed by atoms with Crippen molar-refractivity contribution in [1.29, 1.82) is 0 Å². The van der Waals surface area contributed by atoms with E-state index in [1.807, 2.05) is 0 Å². The zero-order valence-corrected chi connectivity index (χ0v) is 25.9. The highest BCUT2D eigenvalue weighted by Crippen LogP contribution is 2.26. The predicted octanol–water partition coefficient (Wildman–Crippen LogP) is 12.9. The van der Waals surface area contributed by atoms with Gasteiger partial charge in [0.1, 0.15) is 0 Å². The molecule has 0 aliphatic carbocycles. The van der Waals surface area contributed by atoms with E-state index in [4.69, 9.17) is 0 Å². The molecule has 0 N–H and O–H groups in total. The molecule has 2 heteroatoms. The number of rotatable bonds is 0. The van der Waals surface area contributed by atoms with Crippen molar-refractivity contribution in [3.8, 4) is 0 Å². The van der Waals surface area contributed by atoms with Crippen molar-refractivity contribution in [2.24, 2.45) is 0 Å². The van der Waals surface area contributed by atoms with E-state index in [0.717, 1.165) is 8.95 Å². The van der Waals surface area contributed by atoms with E-state index in [0.29, 0.717) is 0 Å². The average molecular weight is 666 g/mol. The molecule has 13 rings (SSSR count). The maximum Gasteiger partial charge on any atom is 0.0187 e. The van der Waals surface area contributed by atoms with Gasteiger partial charge in [-0.1, -0.05) is 153 Å². The minimum absolute atomic E-state index is 1.07. The molecular formula is C40H26Br2. The number of halogens is 2. The molecule has 0 aromatic heterocycles. The van der Waals surface area contributed by atoms with Gasteiger partial charge in [0.2, 0.25) is 0 Å². The van der Waals surface area contributed by atoms with Gasteiger partial charge in [-0.3, -0.25) is 0 Å². The van der Waals surface area contributed by atoms with Crippen LogP contribution < -0.4 is 0 Å². The van der Waals surface area contributed by atoms with E-state index in [2.05, 4.69) is 190 Å². The second-order valence-corrected chi connectivity index (χ2v) is 12.4. The molecule has 0 unspecified atom stereocenters. The maximum atomic E-state index is 3.74. The van der Waals surface area contributed by atoms with Crippen LogP contribution in [0, 0.1) is 0 Å². The Bertz CT molecular complexity index is 1930. The van der Waals surface area contributed by atoms with E-state index in [1.165, 1.54) is 64.6 Å². The summed E-state index contributed by atoms with van der Waals surface area (Å²) in [7, 11) is 0. The van der Waals surface area contributed by atoms with Gasteiger partial charge in [0.25, 0.3) is 0 Å². The van der Waals surface area contributed by atoms with Gasteiger partial charge in [0.15, 0.2) is 0 Å². The van der Waals surface area contributed by atoms with Crippen molar-refractivity contribution in [1.82, 2.24) is 0 Å². The third-order valence-electron chi connectivity index (χ3n) is 7.71. The van der Waals surface area contributed by atoms with Crippen LogP contribution in [-0.4, -0.2) is 0 Å². The van der Waals surface area contributed by atoms with Gasteiger partial charge in [-0.05, 0) is 101 Å². The molecule has 0 fully saturated rings. The first-order chi connectivity index (χ1) is 20.6. The molecular weight excluding hydrogens is 640 g/mol. The minimum atomic E-state index is 1.07. The van der Waals surface area contributed by atoms with Crippen molar-refractivity contribution in [2.45, 2.75) is 0 Å². The largest absolute Gasteiger partial charge is 0.0544 e. The molecule has 0 saturated carbocycles. The van der Waals surface area contributed by atoms with Crippen LogP contribution in [-0.2, 0) is 0 Å². The summed E-state index contributed by atoms with van der Waals surface area (Å²) >= 11 is 7.48. The van der Waals surface area contributed by atoms with Gasteiger partial charge >= 0.3 is 0 Å². The smallest absolute Gasteiger partial charge is 0.0187 e. The Morgan fingerprint density at radius 3 is 0.619 bits per heavy atom.